The second-order valence-electron chi connectivity index (χ2n) is 3.18. The van der Waals surface area contributed by atoms with E-state index in [2.05, 4.69) is 22.9 Å². The van der Waals surface area contributed by atoms with Gasteiger partial charge >= 0.3 is 0 Å². The fourth-order valence-corrected chi connectivity index (χ4v) is 3.57. The first-order valence-electron chi connectivity index (χ1n) is 4.86. The average molecular weight is 242 g/mol. The zero-order valence-corrected chi connectivity index (χ0v) is 10.2. The third-order valence-electron chi connectivity index (χ3n) is 2.19. The second-order valence-corrected chi connectivity index (χ2v) is 5.24. The number of hydrazine groups is 1. The Morgan fingerprint density at radius 2 is 2.40 bits per heavy atom. The molecule has 0 aliphatic heterocycles. The molecule has 15 heavy (non-hydrogen) atoms. The number of nitrogens with two attached hydrogens (primary N) is 1. The van der Waals surface area contributed by atoms with Crippen molar-refractivity contribution in [3.63, 3.8) is 0 Å². The van der Waals surface area contributed by atoms with Crippen molar-refractivity contribution in [2.24, 2.45) is 5.84 Å². The fraction of sp³-hybridized carbons (Fsp3) is 0.400. The first-order valence-corrected chi connectivity index (χ1v) is 6.55. The normalized spacial score (nSPS) is 13.5. The molecule has 2 rings (SSSR count). The summed E-state index contributed by atoms with van der Waals surface area (Å²) in [6.45, 7) is 3.33. The van der Waals surface area contributed by atoms with Crippen LogP contribution in [0.25, 0.3) is 9.40 Å². The van der Waals surface area contributed by atoms with E-state index in [-0.39, 0.29) is 6.04 Å². The van der Waals surface area contributed by atoms with Crippen LogP contribution in [0.1, 0.15) is 17.8 Å². The molecule has 0 radical (unpaired) electrons. The minimum Gasteiger partial charge on any atom is -0.380 e. The maximum Gasteiger partial charge on any atom is 0.0787 e. The van der Waals surface area contributed by atoms with Gasteiger partial charge in [0.1, 0.15) is 0 Å². The molecular formula is C10H14N2OS2. The lowest BCUT2D eigenvalue weighted by Crippen LogP contribution is -2.30. The van der Waals surface area contributed by atoms with Crippen LogP contribution >= 0.6 is 22.7 Å². The van der Waals surface area contributed by atoms with Gasteiger partial charge in [0.25, 0.3) is 0 Å². The van der Waals surface area contributed by atoms with Gasteiger partial charge in [0.2, 0.25) is 0 Å². The average Bonchev–Trinajstić information content (AvgIpc) is 2.79. The van der Waals surface area contributed by atoms with Crippen LogP contribution < -0.4 is 11.3 Å². The summed E-state index contributed by atoms with van der Waals surface area (Å²) in [5, 5.41) is 2.11. The predicted octanol–water partition coefficient (Wildman–Crippen LogP) is 2.50. The Morgan fingerprint density at radius 1 is 1.53 bits per heavy atom. The van der Waals surface area contributed by atoms with Crippen molar-refractivity contribution >= 4 is 32.1 Å². The second kappa shape index (κ2) is 5.05. The summed E-state index contributed by atoms with van der Waals surface area (Å²) < 4.78 is 8.03. The topological polar surface area (TPSA) is 47.3 Å². The Balaban J connectivity index is 2.16. The molecule has 0 bridgehead atoms. The molecule has 3 nitrogen and oxygen atoms in total. The quantitative estimate of drug-likeness (QED) is 0.625. The van der Waals surface area contributed by atoms with E-state index in [4.69, 9.17) is 10.6 Å². The summed E-state index contributed by atoms with van der Waals surface area (Å²) in [4.78, 5) is 1.24. The molecule has 3 N–H and O–H groups in total. The zero-order chi connectivity index (χ0) is 10.7. The van der Waals surface area contributed by atoms with Crippen molar-refractivity contribution in [1.29, 1.82) is 0 Å². The fourth-order valence-electron chi connectivity index (χ4n) is 1.40. The van der Waals surface area contributed by atoms with Crippen molar-refractivity contribution in [1.82, 2.24) is 5.43 Å². The molecule has 0 aliphatic rings. The van der Waals surface area contributed by atoms with Gasteiger partial charge in [-0.25, -0.2) is 5.43 Å². The Bertz CT molecular complexity index is 395. The smallest absolute Gasteiger partial charge is 0.0787 e. The van der Waals surface area contributed by atoms with Crippen LogP contribution in [0.2, 0.25) is 0 Å². The molecule has 0 saturated carbocycles. The molecule has 1 atom stereocenters. The molecule has 0 aliphatic carbocycles. The molecule has 2 heterocycles. The standard InChI is InChI=1S/C10H14N2OS2/c1-2-13-6-7(12-11)9-5-10-8(15-9)3-4-14-10/h3-5,7,12H,2,6,11H2,1H3. The summed E-state index contributed by atoms with van der Waals surface area (Å²) in [6, 6.07) is 4.44. The molecule has 2 aromatic rings. The highest BCUT2D eigenvalue weighted by Crippen LogP contribution is 2.33. The van der Waals surface area contributed by atoms with Crippen molar-refractivity contribution < 1.29 is 4.74 Å². The van der Waals surface area contributed by atoms with Gasteiger partial charge in [-0.05, 0) is 24.4 Å². The highest BCUT2D eigenvalue weighted by Gasteiger charge is 2.13. The van der Waals surface area contributed by atoms with E-state index in [0.29, 0.717) is 6.61 Å². The molecule has 5 heteroatoms. The largest absolute Gasteiger partial charge is 0.380 e. The lowest BCUT2D eigenvalue weighted by molar-refractivity contribution is 0.124. The van der Waals surface area contributed by atoms with Crippen LogP contribution in [-0.4, -0.2) is 13.2 Å². The number of nitrogens with one attached hydrogen (secondary N) is 1. The third kappa shape index (κ3) is 2.38. The number of fused-ring (bicyclic) bond motifs is 1. The first-order chi connectivity index (χ1) is 7.35. The Labute approximate surface area is 96.8 Å². The summed E-state index contributed by atoms with van der Waals surface area (Å²) in [6.07, 6.45) is 0. The summed E-state index contributed by atoms with van der Waals surface area (Å²) in [5.74, 6) is 5.52. The maximum atomic E-state index is 5.52. The highest BCUT2D eigenvalue weighted by atomic mass is 32.1. The number of hydrogen-bond donors (Lipinski definition) is 2. The van der Waals surface area contributed by atoms with E-state index >= 15 is 0 Å². The van der Waals surface area contributed by atoms with E-state index in [1.54, 1.807) is 22.7 Å². The van der Waals surface area contributed by atoms with Crippen molar-refractivity contribution in [2.75, 3.05) is 13.2 Å². The number of rotatable bonds is 5. The lowest BCUT2D eigenvalue weighted by Gasteiger charge is -2.13. The molecule has 0 amide bonds. The number of ether oxygens (including phenoxy) is 1. The number of hydrogen-bond acceptors (Lipinski definition) is 5. The summed E-state index contributed by atoms with van der Waals surface area (Å²) in [5.41, 5.74) is 2.79. The number of thiophene rings is 2. The monoisotopic (exact) mass is 242 g/mol. The Morgan fingerprint density at radius 3 is 3.07 bits per heavy atom. The minimum atomic E-state index is 0.106. The van der Waals surface area contributed by atoms with Gasteiger partial charge < -0.3 is 4.74 Å². The summed E-state index contributed by atoms with van der Waals surface area (Å²) >= 11 is 3.54. The van der Waals surface area contributed by atoms with Crippen LogP contribution in [0, 0.1) is 0 Å². The van der Waals surface area contributed by atoms with Gasteiger partial charge in [-0.2, -0.15) is 0 Å². The van der Waals surface area contributed by atoms with E-state index < -0.39 is 0 Å². The van der Waals surface area contributed by atoms with E-state index in [9.17, 15) is 0 Å². The van der Waals surface area contributed by atoms with Gasteiger partial charge in [0.15, 0.2) is 0 Å². The molecule has 0 spiro atoms. The molecule has 0 saturated heterocycles. The molecule has 82 valence electrons. The van der Waals surface area contributed by atoms with Gasteiger partial charge in [0.05, 0.1) is 12.6 Å². The molecule has 0 fully saturated rings. The minimum absolute atomic E-state index is 0.106. The zero-order valence-electron chi connectivity index (χ0n) is 8.53. The van der Waals surface area contributed by atoms with Crippen LogP contribution in [0.5, 0.6) is 0 Å². The van der Waals surface area contributed by atoms with Gasteiger partial charge in [0, 0.05) is 20.9 Å². The Hall–Kier alpha value is -0.460. The van der Waals surface area contributed by atoms with Gasteiger partial charge in [-0.1, -0.05) is 0 Å². The molecule has 1 unspecified atom stereocenters. The SMILES string of the molecule is CCOCC(NN)c1cc2sccc2s1. The van der Waals surface area contributed by atoms with E-state index in [0.717, 1.165) is 6.61 Å². The Kier molecular flexibility index (Phi) is 3.71. The van der Waals surface area contributed by atoms with Crippen LogP contribution in [-0.2, 0) is 4.74 Å². The molecule has 2 aromatic heterocycles. The lowest BCUT2D eigenvalue weighted by atomic mass is 10.2. The first kappa shape index (κ1) is 11.0. The van der Waals surface area contributed by atoms with Crippen LogP contribution in [0.3, 0.4) is 0 Å². The highest BCUT2D eigenvalue weighted by molar-refractivity contribution is 7.26. The molecule has 0 aromatic carbocycles. The van der Waals surface area contributed by atoms with Crippen LogP contribution in [0.15, 0.2) is 17.5 Å². The van der Waals surface area contributed by atoms with Crippen molar-refractivity contribution in [3.05, 3.63) is 22.4 Å². The van der Waals surface area contributed by atoms with E-state index in [1.165, 1.54) is 14.3 Å². The molecular weight excluding hydrogens is 228 g/mol. The predicted molar refractivity (Wildman–Crippen MR) is 66.3 cm³/mol. The summed E-state index contributed by atoms with van der Waals surface area (Å²) in [7, 11) is 0. The van der Waals surface area contributed by atoms with Crippen molar-refractivity contribution in [2.45, 2.75) is 13.0 Å². The van der Waals surface area contributed by atoms with E-state index in [1.807, 2.05) is 6.92 Å². The third-order valence-corrected chi connectivity index (χ3v) is 4.40. The van der Waals surface area contributed by atoms with Crippen LogP contribution in [0.4, 0.5) is 0 Å². The van der Waals surface area contributed by atoms with Gasteiger partial charge in [-0.3, -0.25) is 5.84 Å². The maximum absolute atomic E-state index is 5.52. The van der Waals surface area contributed by atoms with Crippen molar-refractivity contribution in [3.8, 4) is 0 Å². The van der Waals surface area contributed by atoms with Gasteiger partial charge in [-0.15, -0.1) is 22.7 Å².